The van der Waals surface area contributed by atoms with Crippen LogP contribution in [0.2, 0.25) is 0 Å². The highest BCUT2D eigenvalue weighted by Gasteiger charge is 2.23. The first kappa shape index (κ1) is 28.8. The maximum atomic E-state index is 10.8. The van der Waals surface area contributed by atoms with E-state index in [9.17, 15) is 10.2 Å². The van der Waals surface area contributed by atoms with Crippen LogP contribution in [0.15, 0.2) is 95.9 Å². The lowest BCUT2D eigenvalue weighted by molar-refractivity contribution is 0.390. The third kappa shape index (κ3) is 6.44. The predicted molar refractivity (Wildman–Crippen MR) is 178 cm³/mol. The fourth-order valence-corrected chi connectivity index (χ4v) is 5.56. The van der Waals surface area contributed by atoms with Gasteiger partial charge < -0.3 is 10.2 Å². The van der Waals surface area contributed by atoms with Crippen LogP contribution in [-0.4, -0.2) is 34.7 Å². The van der Waals surface area contributed by atoms with Crippen LogP contribution in [0.1, 0.15) is 59.1 Å². The lowest BCUT2D eigenvalue weighted by atomic mass is 9.91. The quantitative estimate of drug-likeness (QED) is 0.213. The molecule has 0 saturated heterocycles. The monoisotopic (exact) mass is 554 g/mol. The van der Waals surface area contributed by atoms with Crippen LogP contribution < -0.4 is 0 Å². The summed E-state index contributed by atoms with van der Waals surface area (Å²) >= 11 is 0. The summed E-state index contributed by atoms with van der Waals surface area (Å²) in [5.41, 5.74) is 9.38. The third-order valence-electron chi connectivity index (χ3n) is 8.12. The molecule has 5 rings (SSSR count). The number of aryl methyl sites for hydroxylation is 2. The smallest absolute Gasteiger partial charge is 0.127 e. The Morgan fingerprint density at radius 1 is 0.595 bits per heavy atom. The molecule has 1 saturated carbocycles. The summed E-state index contributed by atoms with van der Waals surface area (Å²) in [5, 5.41) is 21.7. The molecule has 1 aliphatic carbocycles. The highest BCUT2D eigenvalue weighted by atomic mass is 16.3. The van der Waals surface area contributed by atoms with Crippen molar-refractivity contribution in [1.82, 2.24) is 0 Å². The average molecular weight is 555 g/mol. The minimum atomic E-state index is 0.00288. The first-order valence-corrected chi connectivity index (χ1v) is 14.6. The van der Waals surface area contributed by atoms with E-state index in [1.807, 2.05) is 74.5 Å². The molecule has 0 bridgehead atoms. The molecule has 4 aromatic carbocycles. The number of phenolic OH excluding ortho intramolecular Hbond substituents is 2. The second-order valence-electron chi connectivity index (χ2n) is 11.1. The Kier molecular flexibility index (Phi) is 8.83. The summed E-state index contributed by atoms with van der Waals surface area (Å²) in [6.07, 6.45) is 11.3. The van der Waals surface area contributed by atoms with Crippen LogP contribution in [-0.2, 0) is 0 Å². The highest BCUT2D eigenvalue weighted by Crippen LogP contribution is 2.32. The van der Waals surface area contributed by atoms with E-state index in [2.05, 4.69) is 37.4 Å². The topological polar surface area (TPSA) is 65.2 Å². The average Bonchev–Trinajstić information content (AvgIpc) is 3.02. The molecular weight excluding hydrogens is 516 g/mol. The zero-order valence-electron chi connectivity index (χ0n) is 24.4. The first-order valence-electron chi connectivity index (χ1n) is 14.6. The Bertz CT molecular complexity index is 1520. The van der Waals surface area contributed by atoms with Gasteiger partial charge in [-0.15, -0.1) is 0 Å². The number of benzene rings is 4. The van der Waals surface area contributed by atoms with E-state index in [0.29, 0.717) is 11.1 Å². The van der Waals surface area contributed by atoms with Crippen LogP contribution >= 0.6 is 0 Å². The number of rotatable bonds is 8. The van der Waals surface area contributed by atoms with Crippen molar-refractivity contribution in [2.45, 2.75) is 51.6 Å². The van der Waals surface area contributed by atoms with Gasteiger partial charge in [-0.25, -0.2) is 0 Å². The maximum absolute atomic E-state index is 10.8. The van der Waals surface area contributed by atoms with E-state index in [4.69, 9.17) is 9.98 Å². The van der Waals surface area contributed by atoms with Crippen molar-refractivity contribution in [2.75, 3.05) is 0 Å². The number of hydrogen-bond donors (Lipinski definition) is 2. The summed E-state index contributed by atoms with van der Waals surface area (Å²) in [4.78, 5) is 9.90. The fourth-order valence-electron chi connectivity index (χ4n) is 5.56. The number of aliphatic imine (C=N–C) groups is 2. The van der Waals surface area contributed by atoms with Crippen molar-refractivity contribution in [3.8, 4) is 33.8 Å². The van der Waals surface area contributed by atoms with E-state index in [1.54, 1.807) is 12.4 Å². The van der Waals surface area contributed by atoms with Gasteiger partial charge in [-0.05, 0) is 95.5 Å². The Hall–Kier alpha value is -4.70. The largest absolute Gasteiger partial charge is 0.507 e. The van der Waals surface area contributed by atoms with Gasteiger partial charge in [0.1, 0.15) is 11.5 Å². The Morgan fingerprint density at radius 2 is 0.976 bits per heavy atom. The first-order chi connectivity index (χ1) is 20.4. The Morgan fingerprint density at radius 3 is 1.33 bits per heavy atom. The highest BCUT2D eigenvalue weighted by molar-refractivity contribution is 5.88. The molecule has 4 aromatic rings. The summed E-state index contributed by atoms with van der Waals surface area (Å²) in [6, 6.07) is 24.4. The molecule has 0 unspecified atom stereocenters. The number of aromatic hydroxyl groups is 2. The van der Waals surface area contributed by atoms with Gasteiger partial charge in [0.15, 0.2) is 0 Å². The standard InChI is InChI=1S/C38H38N2O2/c1-5-27-11-15-29(16-12-27)31-19-25(3)37(41)33(21-31)23-39-35-9-7-8-10-36(35)40-24-34-22-32(20-26(4)38(34)42)30-17-13-28(6-2)14-18-30/h5-6,11-24,35-36,41-42H,1-2,7-10H2,3-4H3/t35-,36-/m1/s1. The summed E-state index contributed by atoms with van der Waals surface area (Å²) in [6.45, 7) is 11.5. The molecule has 4 heteroatoms. The Labute approximate surface area is 249 Å². The molecule has 0 heterocycles. The summed E-state index contributed by atoms with van der Waals surface area (Å²) in [7, 11) is 0. The zero-order chi connectivity index (χ0) is 29.6. The van der Waals surface area contributed by atoms with Gasteiger partial charge in [0.05, 0.1) is 12.1 Å². The SMILES string of the molecule is C=Cc1ccc(-c2cc(C)c(O)c(C=N[C@@H]3CCCC[C@H]3N=Cc3cc(-c4ccc(C=C)cc4)cc(C)c3O)c2)cc1. The molecule has 4 nitrogen and oxygen atoms in total. The van der Waals surface area contributed by atoms with Crippen molar-refractivity contribution in [2.24, 2.45) is 9.98 Å². The van der Waals surface area contributed by atoms with Gasteiger partial charge in [0, 0.05) is 23.6 Å². The zero-order valence-corrected chi connectivity index (χ0v) is 24.4. The fraction of sp³-hybridized carbons (Fsp3) is 0.211. The normalized spacial score (nSPS) is 17.1. The molecule has 1 aliphatic rings. The molecule has 0 aromatic heterocycles. The van der Waals surface area contributed by atoms with Crippen LogP contribution in [0.4, 0.5) is 0 Å². The second kappa shape index (κ2) is 12.9. The minimum Gasteiger partial charge on any atom is -0.507 e. The van der Waals surface area contributed by atoms with Gasteiger partial charge >= 0.3 is 0 Å². The lowest BCUT2D eigenvalue weighted by Crippen LogP contribution is -2.27. The third-order valence-corrected chi connectivity index (χ3v) is 8.12. The summed E-state index contributed by atoms with van der Waals surface area (Å²) in [5.74, 6) is 0.499. The minimum absolute atomic E-state index is 0.00288. The van der Waals surface area contributed by atoms with E-state index in [-0.39, 0.29) is 23.6 Å². The van der Waals surface area contributed by atoms with Crippen LogP contribution in [0.25, 0.3) is 34.4 Å². The molecule has 1 fully saturated rings. The molecule has 0 spiro atoms. The van der Waals surface area contributed by atoms with Gasteiger partial charge in [-0.1, -0.05) is 86.7 Å². The van der Waals surface area contributed by atoms with Gasteiger partial charge in [0.25, 0.3) is 0 Å². The molecule has 0 aliphatic heterocycles. The molecule has 2 N–H and O–H groups in total. The molecule has 212 valence electrons. The molecule has 0 amide bonds. The van der Waals surface area contributed by atoms with Gasteiger partial charge in [-0.3, -0.25) is 9.98 Å². The van der Waals surface area contributed by atoms with Crippen LogP contribution in [0.3, 0.4) is 0 Å². The Balaban J connectivity index is 1.39. The van der Waals surface area contributed by atoms with E-state index in [0.717, 1.165) is 70.2 Å². The van der Waals surface area contributed by atoms with E-state index >= 15 is 0 Å². The maximum Gasteiger partial charge on any atom is 0.127 e. The van der Waals surface area contributed by atoms with Crippen molar-refractivity contribution in [3.05, 3.63) is 119 Å². The van der Waals surface area contributed by atoms with Crippen LogP contribution in [0, 0.1) is 13.8 Å². The van der Waals surface area contributed by atoms with Crippen molar-refractivity contribution in [3.63, 3.8) is 0 Å². The van der Waals surface area contributed by atoms with Crippen molar-refractivity contribution in [1.29, 1.82) is 0 Å². The van der Waals surface area contributed by atoms with E-state index < -0.39 is 0 Å². The molecule has 42 heavy (non-hydrogen) atoms. The number of hydrogen-bond acceptors (Lipinski definition) is 4. The molecular formula is C38H38N2O2. The predicted octanol–water partition coefficient (Wildman–Crippen LogP) is 9.18. The van der Waals surface area contributed by atoms with E-state index in [1.165, 1.54) is 0 Å². The lowest BCUT2D eigenvalue weighted by Gasteiger charge is -2.25. The molecule has 2 atom stereocenters. The molecule has 0 radical (unpaired) electrons. The van der Waals surface area contributed by atoms with Crippen molar-refractivity contribution >= 4 is 24.6 Å². The number of phenols is 2. The van der Waals surface area contributed by atoms with Gasteiger partial charge in [-0.2, -0.15) is 0 Å². The van der Waals surface area contributed by atoms with Crippen LogP contribution in [0.5, 0.6) is 11.5 Å². The second-order valence-corrected chi connectivity index (χ2v) is 11.1. The number of nitrogens with zero attached hydrogens (tertiary/aromatic N) is 2. The summed E-state index contributed by atoms with van der Waals surface area (Å²) < 4.78 is 0. The van der Waals surface area contributed by atoms with Gasteiger partial charge in [0.2, 0.25) is 0 Å². The van der Waals surface area contributed by atoms with Crippen molar-refractivity contribution < 1.29 is 10.2 Å².